The van der Waals surface area contributed by atoms with Crippen LogP contribution in [-0.4, -0.2) is 13.2 Å². The predicted octanol–water partition coefficient (Wildman–Crippen LogP) is 3.54. The van der Waals surface area contributed by atoms with E-state index in [4.69, 9.17) is 10.5 Å². The first-order chi connectivity index (χ1) is 8.54. The Morgan fingerprint density at radius 1 is 1.22 bits per heavy atom. The topological polar surface area (TPSA) is 35.2 Å². The summed E-state index contributed by atoms with van der Waals surface area (Å²) in [5.74, 6) is 2.26. The van der Waals surface area contributed by atoms with Gasteiger partial charge < -0.3 is 10.5 Å². The van der Waals surface area contributed by atoms with E-state index >= 15 is 0 Å². The van der Waals surface area contributed by atoms with Crippen LogP contribution in [0.1, 0.15) is 48.8 Å². The average Bonchev–Trinajstić information content (AvgIpc) is 2.35. The molecule has 0 spiro atoms. The molecule has 100 valence electrons. The van der Waals surface area contributed by atoms with Crippen molar-refractivity contribution in [3.05, 3.63) is 28.8 Å². The molecule has 3 unspecified atom stereocenters. The third kappa shape index (κ3) is 2.39. The Balaban J connectivity index is 2.40. The Hall–Kier alpha value is -1.02. The zero-order valence-corrected chi connectivity index (χ0v) is 12.0. The molecule has 3 atom stereocenters. The Bertz CT molecular complexity index is 427. The molecule has 1 saturated carbocycles. The molecule has 0 radical (unpaired) electrons. The first-order valence-electron chi connectivity index (χ1n) is 6.94. The molecule has 0 bridgehead atoms. The van der Waals surface area contributed by atoms with E-state index in [1.807, 2.05) is 0 Å². The van der Waals surface area contributed by atoms with Crippen molar-refractivity contribution in [1.29, 1.82) is 0 Å². The maximum atomic E-state index is 6.33. The summed E-state index contributed by atoms with van der Waals surface area (Å²) in [6.07, 6.45) is 3.56. The maximum Gasteiger partial charge on any atom is 0.125 e. The lowest BCUT2D eigenvalue weighted by molar-refractivity contribution is 0.298. The van der Waals surface area contributed by atoms with Crippen LogP contribution in [0.5, 0.6) is 5.75 Å². The van der Waals surface area contributed by atoms with Crippen molar-refractivity contribution in [3.63, 3.8) is 0 Å². The Morgan fingerprint density at radius 2 is 1.94 bits per heavy atom. The number of rotatable bonds is 2. The molecule has 0 aliphatic heterocycles. The van der Waals surface area contributed by atoms with Gasteiger partial charge in [0.15, 0.2) is 0 Å². The van der Waals surface area contributed by atoms with Crippen molar-refractivity contribution in [2.24, 2.45) is 11.7 Å². The SMILES string of the molecule is COc1c(C2CC(C)CCC2N)ccc(C)c1C. The fourth-order valence-electron chi connectivity index (χ4n) is 3.14. The highest BCUT2D eigenvalue weighted by Crippen LogP contribution is 2.40. The fraction of sp³-hybridized carbons (Fsp3) is 0.625. The molecule has 1 aromatic rings. The Morgan fingerprint density at radius 3 is 2.61 bits per heavy atom. The van der Waals surface area contributed by atoms with Crippen LogP contribution in [0.2, 0.25) is 0 Å². The van der Waals surface area contributed by atoms with Gasteiger partial charge in [-0.1, -0.05) is 19.1 Å². The minimum Gasteiger partial charge on any atom is -0.496 e. The van der Waals surface area contributed by atoms with Gasteiger partial charge in [0.25, 0.3) is 0 Å². The van der Waals surface area contributed by atoms with Gasteiger partial charge in [-0.2, -0.15) is 0 Å². The highest BCUT2D eigenvalue weighted by molar-refractivity contribution is 5.47. The van der Waals surface area contributed by atoms with Crippen LogP contribution < -0.4 is 10.5 Å². The molecule has 2 N–H and O–H groups in total. The van der Waals surface area contributed by atoms with Crippen LogP contribution in [0.15, 0.2) is 12.1 Å². The van der Waals surface area contributed by atoms with Gasteiger partial charge in [-0.05, 0) is 55.7 Å². The summed E-state index contributed by atoms with van der Waals surface area (Å²) in [7, 11) is 1.77. The van der Waals surface area contributed by atoms with Crippen LogP contribution >= 0.6 is 0 Å². The molecule has 0 aromatic heterocycles. The average molecular weight is 247 g/mol. The van der Waals surface area contributed by atoms with Crippen molar-refractivity contribution >= 4 is 0 Å². The second-order valence-electron chi connectivity index (χ2n) is 5.82. The number of hydrogen-bond donors (Lipinski definition) is 1. The molecule has 2 heteroatoms. The lowest BCUT2D eigenvalue weighted by atomic mass is 9.75. The smallest absolute Gasteiger partial charge is 0.125 e. The summed E-state index contributed by atoms with van der Waals surface area (Å²) in [4.78, 5) is 0. The van der Waals surface area contributed by atoms with Gasteiger partial charge in [0, 0.05) is 12.0 Å². The molecule has 18 heavy (non-hydrogen) atoms. The minimum atomic E-state index is 0.275. The van der Waals surface area contributed by atoms with Gasteiger partial charge in [0.2, 0.25) is 0 Å². The molecule has 0 amide bonds. The van der Waals surface area contributed by atoms with Crippen LogP contribution in [0.25, 0.3) is 0 Å². The lowest BCUT2D eigenvalue weighted by Crippen LogP contribution is -2.34. The Labute approximate surface area is 111 Å². The standard InChI is InChI=1S/C16H25NO/c1-10-5-8-15(17)14(9-10)13-7-6-11(2)12(3)16(13)18-4/h6-7,10,14-15H,5,8-9,17H2,1-4H3. The number of aryl methyl sites for hydroxylation is 1. The number of methoxy groups -OCH3 is 1. The summed E-state index contributed by atoms with van der Waals surface area (Å²) in [6, 6.07) is 4.68. The maximum absolute atomic E-state index is 6.33. The highest BCUT2D eigenvalue weighted by atomic mass is 16.5. The Kier molecular flexibility index (Phi) is 3.96. The summed E-state index contributed by atoms with van der Waals surface area (Å²) < 4.78 is 5.64. The van der Waals surface area contributed by atoms with E-state index in [0.29, 0.717) is 5.92 Å². The van der Waals surface area contributed by atoms with Gasteiger partial charge >= 0.3 is 0 Å². The van der Waals surface area contributed by atoms with Crippen LogP contribution in [0, 0.1) is 19.8 Å². The van der Waals surface area contributed by atoms with Crippen molar-refractivity contribution in [2.75, 3.05) is 7.11 Å². The molecule has 0 saturated heterocycles. The van der Waals surface area contributed by atoms with Gasteiger partial charge in [0.05, 0.1) is 7.11 Å². The van der Waals surface area contributed by atoms with Gasteiger partial charge in [-0.3, -0.25) is 0 Å². The quantitative estimate of drug-likeness (QED) is 0.867. The van der Waals surface area contributed by atoms with E-state index in [0.717, 1.165) is 18.1 Å². The normalized spacial score (nSPS) is 28.2. The van der Waals surface area contributed by atoms with E-state index in [-0.39, 0.29) is 6.04 Å². The predicted molar refractivity (Wildman–Crippen MR) is 76.2 cm³/mol. The summed E-state index contributed by atoms with van der Waals surface area (Å²) >= 11 is 0. The highest BCUT2D eigenvalue weighted by Gasteiger charge is 2.29. The lowest BCUT2D eigenvalue weighted by Gasteiger charge is -2.34. The molecule has 1 aliphatic rings. The van der Waals surface area contributed by atoms with E-state index in [1.54, 1.807) is 7.11 Å². The van der Waals surface area contributed by atoms with Gasteiger partial charge in [-0.15, -0.1) is 0 Å². The molecular formula is C16H25NO. The summed E-state index contributed by atoms with van der Waals surface area (Å²) in [5.41, 5.74) is 10.2. The van der Waals surface area contributed by atoms with E-state index < -0.39 is 0 Å². The first-order valence-corrected chi connectivity index (χ1v) is 6.94. The number of ether oxygens (including phenoxy) is 1. The molecular weight excluding hydrogens is 222 g/mol. The van der Waals surface area contributed by atoms with Crippen molar-refractivity contribution in [2.45, 2.75) is 52.0 Å². The molecule has 1 aliphatic carbocycles. The largest absolute Gasteiger partial charge is 0.496 e. The van der Waals surface area contributed by atoms with E-state index in [1.165, 1.54) is 29.5 Å². The minimum absolute atomic E-state index is 0.275. The van der Waals surface area contributed by atoms with Crippen molar-refractivity contribution in [3.8, 4) is 5.75 Å². The number of nitrogens with two attached hydrogens (primary N) is 1. The second-order valence-corrected chi connectivity index (χ2v) is 5.82. The molecule has 1 fully saturated rings. The van der Waals surface area contributed by atoms with Gasteiger partial charge in [0.1, 0.15) is 5.75 Å². The third-order valence-corrected chi connectivity index (χ3v) is 4.48. The fourth-order valence-corrected chi connectivity index (χ4v) is 3.14. The number of hydrogen-bond acceptors (Lipinski definition) is 2. The number of benzene rings is 1. The third-order valence-electron chi connectivity index (χ3n) is 4.48. The second kappa shape index (κ2) is 5.31. The van der Waals surface area contributed by atoms with E-state index in [2.05, 4.69) is 32.9 Å². The van der Waals surface area contributed by atoms with Crippen LogP contribution in [-0.2, 0) is 0 Å². The van der Waals surface area contributed by atoms with Crippen molar-refractivity contribution in [1.82, 2.24) is 0 Å². The molecule has 2 nitrogen and oxygen atoms in total. The monoisotopic (exact) mass is 247 g/mol. The summed E-state index contributed by atoms with van der Waals surface area (Å²) in [6.45, 7) is 6.59. The van der Waals surface area contributed by atoms with Crippen LogP contribution in [0.4, 0.5) is 0 Å². The molecule has 2 rings (SSSR count). The zero-order valence-electron chi connectivity index (χ0n) is 12.0. The molecule has 1 aromatic carbocycles. The molecule has 0 heterocycles. The van der Waals surface area contributed by atoms with Crippen LogP contribution in [0.3, 0.4) is 0 Å². The zero-order chi connectivity index (χ0) is 13.3. The van der Waals surface area contributed by atoms with Crippen molar-refractivity contribution < 1.29 is 4.74 Å². The first kappa shape index (κ1) is 13.4. The summed E-state index contributed by atoms with van der Waals surface area (Å²) in [5, 5.41) is 0. The van der Waals surface area contributed by atoms with Gasteiger partial charge in [-0.25, -0.2) is 0 Å². The van der Waals surface area contributed by atoms with E-state index in [9.17, 15) is 0 Å².